The summed E-state index contributed by atoms with van der Waals surface area (Å²) in [5.74, 6) is 1.40. The van der Waals surface area contributed by atoms with Crippen molar-refractivity contribution >= 4 is 5.91 Å². The second-order valence-corrected chi connectivity index (χ2v) is 5.72. The zero-order valence-corrected chi connectivity index (χ0v) is 12.6. The normalized spacial score (nSPS) is 23.9. The largest absolute Gasteiger partial charge is 0.493 e. The topological polar surface area (TPSA) is 80.3 Å². The number of aromatic amines is 1. The van der Waals surface area contributed by atoms with E-state index in [1.165, 1.54) is 6.33 Å². The lowest BCUT2D eigenvalue weighted by Crippen LogP contribution is -2.46. The van der Waals surface area contributed by atoms with E-state index in [0.717, 1.165) is 11.3 Å². The second-order valence-electron chi connectivity index (χ2n) is 5.72. The van der Waals surface area contributed by atoms with Gasteiger partial charge in [0, 0.05) is 12.1 Å². The third-order valence-corrected chi connectivity index (χ3v) is 4.42. The molecule has 0 bridgehead atoms. The highest BCUT2D eigenvalue weighted by molar-refractivity contribution is 5.85. The van der Waals surface area contributed by atoms with Gasteiger partial charge in [0.25, 0.3) is 0 Å². The van der Waals surface area contributed by atoms with E-state index in [2.05, 4.69) is 15.2 Å². The van der Waals surface area contributed by atoms with Crippen LogP contribution >= 0.6 is 0 Å². The van der Waals surface area contributed by atoms with Gasteiger partial charge in [0.15, 0.2) is 0 Å². The monoisotopic (exact) mass is 314 g/mol. The van der Waals surface area contributed by atoms with Crippen LogP contribution in [0.5, 0.6) is 5.75 Å². The molecule has 0 spiro atoms. The first kappa shape index (κ1) is 14.2. The van der Waals surface area contributed by atoms with Gasteiger partial charge in [-0.3, -0.25) is 9.89 Å². The molecule has 4 rings (SSSR count). The molecule has 1 aromatic carbocycles. The van der Waals surface area contributed by atoms with E-state index in [-0.39, 0.29) is 17.9 Å². The fourth-order valence-corrected chi connectivity index (χ4v) is 3.27. The van der Waals surface area contributed by atoms with E-state index in [9.17, 15) is 4.79 Å². The first-order chi connectivity index (χ1) is 11.3. The number of H-pyrrole nitrogens is 1. The number of para-hydroxylation sites is 1. The number of rotatable bonds is 2. The van der Waals surface area contributed by atoms with Crippen LogP contribution < -0.4 is 4.74 Å². The summed E-state index contributed by atoms with van der Waals surface area (Å²) in [5.41, 5.74) is 0.964. The van der Waals surface area contributed by atoms with Crippen LogP contribution in [0, 0.1) is 0 Å². The van der Waals surface area contributed by atoms with E-state index < -0.39 is 0 Å². The molecule has 0 aliphatic carbocycles. The Morgan fingerprint density at radius 3 is 3.09 bits per heavy atom. The summed E-state index contributed by atoms with van der Waals surface area (Å²) in [6.07, 6.45) is 2.15. The molecule has 7 heteroatoms. The number of aromatic nitrogens is 3. The Hall–Kier alpha value is -2.41. The molecule has 120 valence electrons. The molecular weight excluding hydrogens is 296 g/mol. The number of benzene rings is 1. The summed E-state index contributed by atoms with van der Waals surface area (Å²) >= 11 is 0. The summed E-state index contributed by atoms with van der Waals surface area (Å²) in [6, 6.07) is 7.55. The van der Waals surface area contributed by atoms with Gasteiger partial charge in [-0.15, -0.1) is 0 Å². The molecular formula is C16H18N4O3. The van der Waals surface area contributed by atoms with Crippen molar-refractivity contribution in [3.63, 3.8) is 0 Å². The molecule has 1 amide bonds. The molecule has 1 fully saturated rings. The molecule has 2 aliphatic rings. The minimum Gasteiger partial charge on any atom is -0.493 e. The Bertz CT molecular complexity index is 688. The summed E-state index contributed by atoms with van der Waals surface area (Å²) in [5, 5.41) is 6.74. The van der Waals surface area contributed by atoms with Crippen molar-refractivity contribution in [2.24, 2.45) is 0 Å². The molecule has 1 aromatic heterocycles. The van der Waals surface area contributed by atoms with E-state index in [1.807, 2.05) is 29.2 Å². The van der Waals surface area contributed by atoms with Gasteiger partial charge in [0.1, 0.15) is 23.9 Å². The Balaban J connectivity index is 1.63. The summed E-state index contributed by atoms with van der Waals surface area (Å²) in [6.45, 7) is 2.10. The smallest absolute Gasteiger partial charge is 0.231 e. The fraction of sp³-hybridized carbons (Fsp3) is 0.438. The number of amides is 1. The lowest BCUT2D eigenvalue weighted by molar-refractivity contribution is -0.143. The van der Waals surface area contributed by atoms with Gasteiger partial charge in [-0.2, -0.15) is 5.10 Å². The van der Waals surface area contributed by atoms with Crippen molar-refractivity contribution in [1.82, 2.24) is 20.1 Å². The van der Waals surface area contributed by atoms with Gasteiger partial charge in [0.05, 0.1) is 25.7 Å². The van der Waals surface area contributed by atoms with Crippen molar-refractivity contribution in [2.45, 2.75) is 18.4 Å². The van der Waals surface area contributed by atoms with Gasteiger partial charge in [-0.25, -0.2) is 4.98 Å². The Labute approximate surface area is 133 Å². The molecule has 23 heavy (non-hydrogen) atoms. The first-order valence-corrected chi connectivity index (χ1v) is 7.80. The van der Waals surface area contributed by atoms with Crippen LogP contribution in [0.2, 0.25) is 0 Å². The maximum atomic E-state index is 13.2. The van der Waals surface area contributed by atoms with Gasteiger partial charge in [0.2, 0.25) is 5.91 Å². The highest BCUT2D eigenvalue weighted by atomic mass is 16.5. The lowest BCUT2D eigenvalue weighted by atomic mass is 9.91. The number of carbonyl (C=O) groups excluding carboxylic acids is 1. The van der Waals surface area contributed by atoms with Crippen LogP contribution in [-0.2, 0) is 9.53 Å². The van der Waals surface area contributed by atoms with Crippen molar-refractivity contribution in [3.8, 4) is 5.75 Å². The Morgan fingerprint density at radius 1 is 1.30 bits per heavy atom. The Morgan fingerprint density at radius 2 is 2.22 bits per heavy atom. The quantitative estimate of drug-likeness (QED) is 0.903. The minimum absolute atomic E-state index is 0.102. The van der Waals surface area contributed by atoms with Crippen molar-refractivity contribution in [2.75, 3.05) is 26.4 Å². The van der Waals surface area contributed by atoms with Crippen LogP contribution in [0.4, 0.5) is 0 Å². The van der Waals surface area contributed by atoms with Crippen LogP contribution in [0.15, 0.2) is 30.6 Å². The summed E-state index contributed by atoms with van der Waals surface area (Å²) in [7, 11) is 0. The van der Waals surface area contributed by atoms with Crippen molar-refractivity contribution in [1.29, 1.82) is 0 Å². The average Bonchev–Trinajstić information content (AvgIpc) is 3.15. The second kappa shape index (κ2) is 6.00. The molecule has 0 radical (unpaired) electrons. The highest BCUT2D eigenvalue weighted by Crippen LogP contribution is 2.36. The van der Waals surface area contributed by atoms with E-state index >= 15 is 0 Å². The highest BCUT2D eigenvalue weighted by Gasteiger charge is 2.37. The van der Waals surface area contributed by atoms with Gasteiger partial charge in [-0.05, 0) is 12.5 Å². The van der Waals surface area contributed by atoms with Gasteiger partial charge in [-0.1, -0.05) is 18.2 Å². The minimum atomic E-state index is -0.214. The van der Waals surface area contributed by atoms with E-state index in [0.29, 0.717) is 38.6 Å². The molecule has 2 unspecified atom stereocenters. The molecule has 2 atom stereocenters. The molecule has 2 aromatic rings. The number of ether oxygens (including phenoxy) is 2. The van der Waals surface area contributed by atoms with Crippen LogP contribution in [0.25, 0.3) is 0 Å². The van der Waals surface area contributed by atoms with E-state index in [4.69, 9.17) is 9.47 Å². The fourth-order valence-electron chi connectivity index (χ4n) is 3.27. The van der Waals surface area contributed by atoms with Crippen molar-refractivity contribution < 1.29 is 14.3 Å². The van der Waals surface area contributed by atoms with Gasteiger partial charge < -0.3 is 14.4 Å². The number of carbonyl (C=O) groups is 1. The standard InChI is InChI=1S/C16H18N4O3/c21-16(12-5-7-23-14-4-2-1-3-11(12)14)20-6-8-22-9-13(20)15-17-10-18-19-15/h1-4,10,12-13H,5-9H2,(H,17,18,19). The molecule has 0 saturated carbocycles. The zero-order chi connectivity index (χ0) is 15.6. The molecule has 1 N–H and O–H groups in total. The van der Waals surface area contributed by atoms with Crippen LogP contribution in [0.3, 0.4) is 0 Å². The van der Waals surface area contributed by atoms with E-state index in [1.54, 1.807) is 0 Å². The number of hydrogen-bond donors (Lipinski definition) is 1. The van der Waals surface area contributed by atoms with Gasteiger partial charge >= 0.3 is 0 Å². The first-order valence-electron chi connectivity index (χ1n) is 7.80. The zero-order valence-electron chi connectivity index (χ0n) is 12.6. The Kier molecular flexibility index (Phi) is 3.70. The number of nitrogens with zero attached hydrogens (tertiary/aromatic N) is 3. The predicted molar refractivity (Wildman–Crippen MR) is 81.0 cm³/mol. The van der Waals surface area contributed by atoms with Crippen LogP contribution in [0.1, 0.15) is 29.8 Å². The average molecular weight is 314 g/mol. The predicted octanol–water partition coefficient (Wildman–Crippen LogP) is 1.27. The lowest BCUT2D eigenvalue weighted by Gasteiger charge is -2.37. The number of fused-ring (bicyclic) bond motifs is 1. The molecule has 2 aliphatic heterocycles. The molecule has 7 nitrogen and oxygen atoms in total. The van der Waals surface area contributed by atoms with Crippen molar-refractivity contribution in [3.05, 3.63) is 42.0 Å². The third-order valence-electron chi connectivity index (χ3n) is 4.42. The number of hydrogen-bond acceptors (Lipinski definition) is 5. The van der Waals surface area contributed by atoms with Crippen LogP contribution in [-0.4, -0.2) is 52.4 Å². The third kappa shape index (κ3) is 2.57. The summed E-state index contributed by atoms with van der Waals surface area (Å²) in [4.78, 5) is 19.2. The number of morpholine rings is 1. The number of nitrogens with one attached hydrogen (secondary N) is 1. The maximum absolute atomic E-state index is 13.2. The summed E-state index contributed by atoms with van der Waals surface area (Å²) < 4.78 is 11.2. The molecule has 3 heterocycles. The maximum Gasteiger partial charge on any atom is 0.231 e. The SMILES string of the molecule is O=C(C1CCOc2ccccc21)N1CCOCC1c1ncn[nH]1. The molecule has 1 saturated heterocycles.